The highest BCUT2D eigenvalue weighted by Gasteiger charge is 2.34. The fourth-order valence-corrected chi connectivity index (χ4v) is 3.55. The van der Waals surface area contributed by atoms with Crippen molar-refractivity contribution in [2.24, 2.45) is 0 Å². The fraction of sp³-hybridized carbons (Fsp3) is 0.250. The summed E-state index contributed by atoms with van der Waals surface area (Å²) in [6.45, 7) is 0.474. The third-order valence-electron chi connectivity index (χ3n) is 4.82. The molecule has 7 nitrogen and oxygen atoms in total. The van der Waals surface area contributed by atoms with Crippen molar-refractivity contribution in [2.75, 3.05) is 19.0 Å². The van der Waals surface area contributed by atoms with Gasteiger partial charge in [-0.15, -0.1) is 0 Å². The van der Waals surface area contributed by atoms with E-state index in [4.69, 9.17) is 20.9 Å². The molecule has 3 aromatic rings. The van der Waals surface area contributed by atoms with Crippen LogP contribution in [0.25, 0.3) is 11.4 Å². The van der Waals surface area contributed by atoms with Crippen molar-refractivity contribution in [3.8, 4) is 17.1 Å². The van der Waals surface area contributed by atoms with Crippen molar-refractivity contribution < 1.29 is 22.8 Å². The maximum Gasteiger partial charge on any atom is 0.322 e. The predicted molar refractivity (Wildman–Crippen MR) is 105 cm³/mol. The Labute approximate surface area is 175 Å². The van der Waals surface area contributed by atoms with E-state index in [0.29, 0.717) is 29.4 Å². The highest BCUT2D eigenvalue weighted by Crippen LogP contribution is 2.34. The number of nitrogens with one attached hydrogen (secondary N) is 1. The summed E-state index contributed by atoms with van der Waals surface area (Å²) in [5, 5.41) is 7.03. The van der Waals surface area contributed by atoms with Gasteiger partial charge < -0.3 is 19.5 Å². The van der Waals surface area contributed by atoms with Crippen LogP contribution in [-0.4, -0.2) is 34.7 Å². The molecule has 2 amide bonds. The number of methoxy groups -OCH3 is 1. The van der Waals surface area contributed by atoms with Crippen molar-refractivity contribution in [1.29, 1.82) is 0 Å². The normalized spacial score (nSPS) is 16.0. The maximum atomic E-state index is 14.0. The van der Waals surface area contributed by atoms with E-state index in [-0.39, 0.29) is 23.3 Å². The number of carbonyl (C=O) groups excluding carboxylic acids is 1. The zero-order chi connectivity index (χ0) is 21.3. The molecule has 4 rings (SSSR count). The van der Waals surface area contributed by atoms with Crippen LogP contribution in [-0.2, 0) is 0 Å². The van der Waals surface area contributed by atoms with Crippen LogP contribution < -0.4 is 10.1 Å². The molecule has 10 heteroatoms. The third-order valence-corrected chi connectivity index (χ3v) is 5.05. The molecule has 1 fully saturated rings. The standard InChI is InChI=1S/C20H17ClF2N4O3/c1-29-17-7-4-11(21)9-15(17)24-20(28)27-8-2-3-16(27)19-25-18(26-30-19)13-6-5-12(22)10-14(13)23/h4-7,9-10,16H,2-3,8H2,1H3,(H,24,28)/t16-/m0/s1. The summed E-state index contributed by atoms with van der Waals surface area (Å²) in [5.41, 5.74) is 0.448. The Bertz CT molecular complexity index is 1090. The first-order valence-electron chi connectivity index (χ1n) is 9.16. The Hall–Kier alpha value is -3.20. The molecule has 2 aromatic carbocycles. The van der Waals surface area contributed by atoms with E-state index in [9.17, 15) is 13.6 Å². The lowest BCUT2D eigenvalue weighted by Gasteiger charge is -2.23. The van der Waals surface area contributed by atoms with E-state index in [1.165, 1.54) is 13.2 Å². The van der Waals surface area contributed by atoms with E-state index in [1.54, 1.807) is 23.1 Å². The lowest BCUT2D eigenvalue weighted by molar-refractivity contribution is 0.193. The second-order valence-electron chi connectivity index (χ2n) is 6.71. The number of urea groups is 1. The van der Waals surface area contributed by atoms with E-state index >= 15 is 0 Å². The largest absolute Gasteiger partial charge is 0.495 e. The molecular weight excluding hydrogens is 418 g/mol. The number of ether oxygens (including phenoxy) is 1. The summed E-state index contributed by atoms with van der Waals surface area (Å²) in [5.74, 6) is -0.854. The van der Waals surface area contributed by atoms with Gasteiger partial charge in [0.25, 0.3) is 0 Å². The lowest BCUT2D eigenvalue weighted by Crippen LogP contribution is -2.34. The average molecular weight is 435 g/mol. The van der Waals surface area contributed by atoms with Gasteiger partial charge in [-0.3, -0.25) is 0 Å². The Morgan fingerprint density at radius 1 is 1.30 bits per heavy atom. The summed E-state index contributed by atoms with van der Waals surface area (Å²) in [6, 6.07) is 7.14. The Balaban J connectivity index is 1.55. The highest BCUT2D eigenvalue weighted by molar-refractivity contribution is 6.31. The maximum absolute atomic E-state index is 14.0. The fourth-order valence-electron chi connectivity index (χ4n) is 3.38. The van der Waals surface area contributed by atoms with Gasteiger partial charge in [0, 0.05) is 17.6 Å². The van der Waals surface area contributed by atoms with Gasteiger partial charge in [0.2, 0.25) is 11.7 Å². The molecule has 30 heavy (non-hydrogen) atoms. The monoisotopic (exact) mass is 434 g/mol. The summed E-state index contributed by atoms with van der Waals surface area (Å²) in [7, 11) is 1.49. The minimum atomic E-state index is -0.795. The smallest absolute Gasteiger partial charge is 0.322 e. The molecule has 0 spiro atoms. The number of halogens is 3. The number of carbonyl (C=O) groups is 1. The molecule has 1 aliphatic heterocycles. The van der Waals surface area contributed by atoms with Gasteiger partial charge in [-0.05, 0) is 43.2 Å². The number of anilines is 1. The molecular formula is C20H17ClF2N4O3. The summed E-state index contributed by atoms with van der Waals surface area (Å²) < 4.78 is 37.7. The van der Waals surface area contributed by atoms with Gasteiger partial charge in [-0.2, -0.15) is 4.98 Å². The van der Waals surface area contributed by atoms with Crippen LogP contribution in [0.15, 0.2) is 40.9 Å². The molecule has 1 aliphatic rings. The Morgan fingerprint density at radius 3 is 2.90 bits per heavy atom. The Kier molecular flexibility index (Phi) is 5.54. The highest BCUT2D eigenvalue weighted by atomic mass is 35.5. The van der Waals surface area contributed by atoms with Crippen molar-refractivity contribution >= 4 is 23.3 Å². The van der Waals surface area contributed by atoms with Crippen LogP contribution in [0.3, 0.4) is 0 Å². The van der Waals surface area contributed by atoms with Crippen LogP contribution in [0.4, 0.5) is 19.3 Å². The van der Waals surface area contributed by atoms with Crippen LogP contribution in [0.5, 0.6) is 5.75 Å². The second-order valence-corrected chi connectivity index (χ2v) is 7.14. The number of hydrogen-bond donors (Lipinski definition) is 1. The van der Waals surface area contributed by atoms with Gasteiger partial charge in [0.15, 0.2) is 0 Å². The number of nitrogens with zero attached hydrogens (tertiary/aromatic N) is 3. The number of amides is 2. The molecule has 1 saturated heterocycles. The third kappa shape index (κ3) is 3.93. The first-order chi connectivity index (χ1) is 14.5. The number of benzene rings is 2. The molecule has 1 atom stereocenters. The van der Waals surface area contributed by atoms with E-state index in [1.807, 2.05) is 0 Å². The molecule has 0 bridgehead atoms. The first-order valence-corrected chi connectivity index (χ1v) is 9.54. The number of aromatic nitrogens is 2. The van der Waals surface area contributed by atoms with E-state index < -0.39 is 17.7 Å². The molecule has 1 N–H and O–H groups in total. The van der Waals surface area contributed by atoms with Gasteiger partial charge in [-0.25, -0.2) is 13.6 Å². The van der Waals surface area contributed by atoms with Gasteiger partial charge in [0.05, 0.1) is 18.4 Å². The lowest BCUT2D eigenvalue weighted by atomic mass is 10.2. The van der Waals surface area contributed by atoms with Gasteiger partial charge >= 0.3 is 6.03 Å². The van der Waals surface area contributed by atoms with Crippen molar-refractivity contribution in [1.82, 2.24) is 15.0 Å². The van der Waals surface area contributed by atoms with Crippen molar-refractivity contribution in [3.63, 3.8) is 0 Å². The van der Waals surface area contributed by atoms with Gasteiger partial charge in [-0.1, -0.05) is 16.8 Å². The van der Waals surface area contributed by atoms with Crippen molar-refractivity contribution in [2.45, 2.75) is 18.9 Å². The van der Waals surface area contributed by atoms with Crippen LogP contribution >= 0.6 is 11.6 Å². The zero-order valence-electron chi connectivity index (χ0n) is 15.9. The van der Waals surface area contributed by atoms with Crippen LogP contribution in [0, 0.1) is 11.6 Å². The summed E-state index contributed by atoms with van der Waals surface area (Å²) in [4.78, 5) is 18.7. The number of hydrogen-bond acceptors (Lipinski definition) is 5. The molecule has 2 heterocycles. The van der Waals surface area contributed by atoms with E-state index in [0.717, 1.165) is 18.6 Å². The quantitative estimate of drug-likeness (QED) is 0.621. The van der Waals surface area contributed by atoms with Crippen molar-refractivity contribution in [3.05, 3.63) is 58.9 Å². The summed E-state index contributed by atoms with van der Waals surface area (Å²) in [6.07, 6.45) is 1.33. The van der Waals surface area contributed by atoms with Crippen LogP contribution in [0.2, 0.25) is 5.02 Å². The second kappa shape index (κ2) is 8.27. The molecule has 1 aromatic heterocycles. The Morgan fingerprint density at radius 2 is 2.13 bits per heavy atom. The molecule has 0 radical (unpaired) electrons. The van der Waals surface area contributed by atoms with E-state index in [2.05, 4.69) is 15.5 Å². The number of likely N-dealkylation sites (tertiary alicyclic amines) is 1. The van der Waals surface area contributed by atoms with Crippen LogP contribution in [0.1, 0.15) is 24.8 Å². The predicted octanol–water partition coefficient (Wildman–Crippen LogP) is 5.05. The minimum Gasteiger partial charge on any atom is -0.495 e. The SMILES string of the molecule is COc1ccc(Cl)cc1NC(=O)N1CCC[C@H]1c1nc(-c2ccc(F)cc2F)no1. The summed E-state index contributed by atoms with van der Waals surface area (Å²) >= 11 is 6.02. The molecule has 0 saturated carbocycles. The average Bonchev–Trinajstić information content (AvgIpc) is 3.37. The number of rotatable bonds is 4. The molecule has 156 valence electrons. The van der Waals surface area contributed by atoms with Gasteiger partial charge in [0.1, 0.15) is 23.4 Å². The minimum absolute atomic E-state index is 0.00808. The first kappa shape index (κ1) is 20.1. The topological polar surface area (TPSA) is 80.5 Å². The molecule has 0 unspecified atom stereocenters. The zero-order valence-corrected chi connectivity index (χ0v) is 16.6. The molecule has 0 aliphatic carbocycles.